The number of hydrogen-bond donors (Lipinski definition) is 0. The Morgan fingerprint density at radius 3 is 2.93 bits per heavy atom. The first-order valence-corrected chi connectivity index (χ1v) is 6.14. The van der Waals surface area contributed by atoms with Gasteiger partial charge in [0.2, 0.25) is 0 Å². The first-order chi connectivity index (χ1) is 7.24. The van der Waals surface area contributed by atoms with Crippen molar-refractivity contribution in [3.05, 3.63) is 0 Å². The number of Topliss-reactive ketones (excluding diaryl/α,β-unsaturated/α-hetero) is 1. The van der Waals surface area contributed by atoms with E-state index in [1.807, 2.05) is 0 Å². The van der Waals surface area contributed by atoms with Crippen LogP contribution in [0.4, 0.5) is 0 Å². The molecule has 0 bridgehead atoms. The molecule has 0 radical (unpaired) electrons. The summed E-state index contributed by atoms with van der Waals surface area (Å²) in [6.45, 7) is 1.26. The minimum Gasteiger partial charge on any atom is -0.469 e. The second kappa shape index (κ2) is 6.85. The molecule has 0 saturated carbocycles. The molecule has 5 heteroatoms. The molecule has 1 fully saturated rings. The van der Waals surface area contributed by atoms with Gasteiger partial charge in [-0.15, -0.1) is 0 Å². The van der Waals surface area contributed by atoms with Gasteiger partial charge in [0.05, 0.1) is 25.9 Å². The molecule has 0 aromatic rings. The smallest absolute Gasteiger partial charge is 0.306 e. The Labute approximate surface area is 93.7 Å². The lowest BCUT2D eigenvalue weighted by Crippen LogP contribution is -2.17. The summed E-state index contributed by atoms with van der Waals surface area (Å²) in [4.78, 5) is 22.3. The Hall–Kier alpha value is -0.550. The normalized spacial score (nSPS) is 20.2. The zero-order valence-electron chi connectivity index (χ0n) is 8.86. The highest BCUT2D eigenvalue weighted by molar-refractivity contribution is 7.99. The molecule has 1 rings (SSSR count). The van der Waals surface area contributed by atoms with Crippen LogP contribution in [-0.2, 0) is 19.1 Å². The third kappa shape index (κ3) is 4.66. The van der Waals surface area contributed by atoms with E-state index < -0.39 is 0 Å². The first-order valence-electron chi connectivity index (χ1n) is 4.99. The Morgan fingerprint density at radius 1 is 1.53 bits per heavy atom. The van der Waals surface area contributed by atoms with Gasteiger partial charge in [-0.25, -0.2) is 0 Å². The number of hydrogen-bond acceptors (Lipinski definition) is 5. The van der Waals surface area contributed by atoms with Crippen molar-refractivity contribution >= 4 is 23.5 Å². The molecule has 86 valence electrons. The summed E-state index contributed by atoms with van der Waals surface area (Å²) < 4.78 is 9.64. The van der Waals surface area contributed by atoms with Gasteiger partial charge in [0.15, 0.2) is 0 Å². The zero-order valence-corrected chi connectivity index (χ0v) is 9.68. The van der Waals surface area contributed by atoms with Crippen LogP contribution >= 0.6 is 11.8 Å². The number of carbonyl (C=O) groups is 2. The number of methoxy groups -OCH3 is 1. The van der Waals surface area contributed by atoms with Crippen LogP contribution in [0, 0.1) is 5.92 Å². The van der Waals surface area contributed by atoms with Crippen molar-refractivity contribution < 1.29 is 19.1 Å². The number of ether oxygens (including phenoxy) is 2. The molecule has 1 atom stereocenters. The highest BCUT2D eigenvalue weighted by atomic mass is 32.2. The van der Waals surface area contributed by atoms with Crippen molar-refractivity contribution in [1.29, 1.82) is 0 Å². The van der Waals surface area contributed by atoms with E-state index in [1.54, 1.807) is 0 Å². The van der Waals surface area contributed by atoms with Gasteiger partial charge in [-0.05, 0) is 6.42 Å². The average molecular weight is 232 g/mol. The molecule has 1 heterocycles. The molecule has 1 saturated heterocycles. The quantitative estimate of drug-likeness (QED) is 0.503. The molecule has 1 unspecified atom stereocenters. The number of ketones is 1. The lowest BCUT2D eigenvalue weighted by atomic mass is 10.1. The van der Waals surface area contributed by atoms with Gasteiger partial charge in [0.25, 0.3) is 0 Å². The maximum absolute atomic E-state index is 11.5. The summed E-state index contributed by atoms with van der Waals surface area (Å²) in [5.74, 6) is 1.22. The molecule has 4 nitrogen and oxygen atoms in total. The van der Waals surface area contributed by atoms with Crippen LogP contribution in [0.15, 0.2) is 0 Å². The Bertz CT molecular complexity index is 223. The molecule has 0 aromatic heterocycles. The van der Waals surface area contributed by atoms with E-state index in [-0.39, 0.29) is 17.7 Å². The second-order valence-corrected chi connectivity index (χ2v) is 4.51. The predicted octanol–water partition coefficient (Wildman–Crippen LogP) is 0.888. The van der Waals surface area contributed by atoms with Gasteiger partial charge in [-0.3, -0.25) is 9.59 Å². The molecule has 0 amide bonds. The molecule has 1 aliphatic heterocycles. The standard InChI is InChI=1S/C10H16O4S/c1-13-10(12)3-5-15-7-9(11)8-2-4-14-6-8/h8H,2-7H2,1H3. The SMILES string of the molecule is COC(=O)CCSCC(=O)C1CCOC1. The molecular weight excluding hydrogens is 216 g/mol. The fourth-order valence-electron chi connectivity index (χ4n) is 1.34. The van der Waals surface area contributed by atoms with Gasteiger partial charge >= 0.3 is 5.97 Å². The summed E-state index contributed by atoms with van der Waals surface area (Å²) in [6.07, 6.45) is 1.21. The van der Waals surface area contributed by atoms with Crippen molar-refractivity contribution in [3.8, 4) is 0 Å². The molecule has 0 aliphatic carbocycles. The Kier molecular flexibility index (Phi) is 5.71. The van der Waals surface area contributed by atoms with Crippen LogP contribution in [0.3, 0.4) is 0 Å². The molecule has 0 aromatic carbocycles. The molecule has 0 spiro atoms. The first kappa shape index (κ1) is 12.5. The molecular formula is C10H16O4S. The summed E-state index contributed by atoms with van der Waals surface area (Å²) in [7, 11) is 1.37. The maximum atomic E-state index is 11.5. The minimum atomic E-state index is -0.223. The van der Waals surface area contributed by atoms with E-state index in [0.29, 0.717) is 31.1 Å². The summed E-state index contributed by atoms with van der Waals surface area (Å²) in [5.41, 5.74) is 0. The second-order valence-electron chi connectivity index (χ2n) is 3.41. The number of carbonyl (C=O) groups excluding carboxylic acids is 2. The van der Waals surface area contributed by atoms with Crippen molar-refractivity contribution in [3.63, 3.8) is 0 Å². The van der Waals surface area contributed by atoms with Crippen LogP contribution in [0.25, 0.3) is 0 Å². The Balaban J connectivity index is 2.04. The highest BCUT2D eigenvalue weighted by Gasteiger charge is 2.22. The zero-order chi connectivity index (χ0) is 11.1. The largest absolute Gasteiger partial charge is 0.469 e. The number of thioether (sulfide) groups is 1. The lowest BCUT2D eigenvalue weighted by Gasteiger charge is -2.05. The monoisotopic (exact) mass is 232 g/mol. The third-order valence-corrected chi connectivity index (χ3v) is 3.29. The van der Waals surface area contributed by atoms with Crippen LogP contribution in [-0.4, -0.2) is 43.6 Å². The van der Waals surface area contributed by atoms with Gasteiger partial charge in [-0.1, -0.05) is 0 Å². The number of rotatable bonds is 6. The molecule has 1 aliphatic rings. The fourth-order valence-corrected chi connectivity index (χ4v) is 2.23. The molecule has 0 N–H and O–H groups in total. The van der Waals surface area contributed by atoms with Crippen molar-refractivity contribution in [2.75, 3.05) is 31.8 Å². The van der Waals surface area contributed by atoms with Crippen LogP contribution < -0.4 is 0 Å². The van der Waals surface area contributed by atoms with Crippen molar-refractivity contribution in [2.45, 2.75) is 12.8 Å². The lowest BCUT2D eigenvalue weighted by molar-refractivity contribution is -0.140. The van der Waals surface area contributed by atoms with Gasteiger partial charge in [0.1, 0.15) is 5.78 Å². The minimum absolute atomic E-state index is 0.0793. The van der Waals surface area contributed by atoms with Gasteiger partial charge in [0, 0.05) is 18.3 Å². The van der Waals surface area contributed by atoms with E-state index in [4.69, 9.17) is 4.74 Å². The summed E-state index contributed by atoms with van der Waals surface area (Å²) in [6, 6.07) is 0. The van der Waals surface area contributed by atoms with Crippen molar-refractivity contribution in [1.82, 2.24) is 0 Å². The molecule has 15 heavy (non-hydrogen) atoms. The summed E-state index contributed by atoms with van der Waals surface area (Å²) >= 11 is 1.49. The van der Waals surface area contributed by atoms with Gasteiger partial charge in [-0.2, -0.15) is 11.8 Å². The highest BCUT2D eigenvalue weighted by Crippen LogP contribution is 2.16. The van der Waals surface area contributed by atoms with E-state index in [1.165, 1.54) is 18.9 Å². The fraction of sp³-hybridized carbons (Fsp3) is 0.800. The number of esters is 1. The van der Waals surface area contributed by atoms with E-state index in [2.05, 4.69) is 4.74 Å². The topological polar surface area (TPSA) is 52.6 Å². The van der Waals surface area contributed by atoms with Crippen LogP contribution in [0.1, 0.15) is 12.8 Å². The van der Waals surface area contributed by atoms with Crippen molar-refractivity contribution in [2.24, 2.45) is 5.92 Å². The van der Waals surface area contributed by atoms with E-state index >= 15 is 0 Å². The third-order valence-electron chi connectivity index (χ3n) is 2.31. The average Bonchev–Trinajstić information content (AvgIpc) is 2.77. The van der Waals surface area contributed by atoms with Gasteiger partial charge < -0.3 is 9.47 Å². The Morgan fingerprint density at radius 2 is 2.33 bits per heavy atom. The van der Waals surface area contributed by atoms with Crippen LogP contribution in [0.2, 0.25) is 0 Å². The maximum Gasteiger partial charge on any atom is 0.306 e. The summed E-state index contributed by atoms with van der Waals surface area (Å²) in [5, 5.41) is 0. The van der Waals surface area contributed by atoms with E-state index in [0.717, 1.165) is 6.42 Å². The predicted molar refractivity (Wildman–Crippen MR) is 57.9 cm³/mol. The van der Waals surface area contributed by atoms with E-state index in [9.17, 15) is 9.59 Å². The van der Waals surface area contributed by atoms with Crippen LogP contribution in [0.5, 0.6) is 0 Å².